The van der Waals surface area contributed by atoms with Gasteiger partial charge >= 0.3 is 0 Å². The first-order chi connectivity index (χ1) is 14.2. The molecular formula is C25H30N2O2. The quantitative estimate of drug-likeness (QED) is 0.499. The van der Waals surface area contributed by atoms with Crippen LogP contribution in [-0.4, -0.2) is 31.2 Å². The molecule has 29 heavy (non-hydrogen) atoms. The molecule has 4 nitrogen and oxygen atoms in total. The summed E-state index contributed by atoms with van der Waals surface area (Å²) < 4.78 is 5.06. The van der Waals surface area contributed by atoms with Crippen LogP contribution in [0, 0.1) is 0 Å². The average Bonchev–Trinajstić information content (AvgIpc) is 2.74. The van der Waals surface area contributed by atoms with Gasteiger partial charge in [0.1, 0.15) is 0 Å². The second kappa shape index (κ2) is 10.7. The molecule has 0 radical (unpaired) electrons. The van der Waals surface area contributed by atoms with E-state index in [1.165, 1.54) is 5.56 Å². The van der Waals surface area contributed by atoms with Crippen molar-refractivity contribution in [1.82, 2.24) is 10.3 Å². The fraction of sp³-hybridized carbons (Fsp3) is 0.360. The largest absolute Gasteiger partial charge is 0.385 e. The Morgan fingerprint density at radius 1 is 1.03 bits per heavy atom. The molecule has 4 heteroatoms. The third-order valence-electron chi connectivity index (χ3n) is 5.09. The Hall–Kier alpha value is -2.72. The summed E-state index contributed by atoms with van der Waals surface area (Å²) in [5, 5.41) is 4.14. The van der Waals surface area contributed by atoms with Crippen molar-refractivity contribution < 1.29 is 9.53 Å². The van der Waals surface area contributed by atoms with E-state index in [0.29, 0.717) is 13.0 Å². The number of benzene rings is 2. The van der Waals surface area contributed by atoms with Crippen LogP contribution >= 0.6 is 0 Å². The third kappa shape index (κ3) is 5.42. The Balaban J connectivity index is 1.91. The van der Waals surface area contributed by atoms with Gasteiger partial charge in [-0.3, -0.25) is 9.78 Å². The number of carbonyl (C=O) groups is 1. The summed E-state index contributed by atoms with van der Waals surface area (Å²) in [5.41, 5.74) is 5.50. The predicted octanol–water partition coefficient (Wildman–Crippen LogP) is 4.94. The summed E-state index contributed by atoms with van der Waals surface area (Å²) >= 11 is 0. The van der Waals surface area contributed by atoms with Gasteiger partial charge in [0, 0.05) is 31.8 Å². The lowest BCUT2D eigenvalue weighted by atomic mass is 9.93. The molecule has 0 bridgehead atoms. The summed E-state index contributed by atoms with van der Waals surface area (Å²) in [6.45, 7) is 3.58. The molecule has 0 aliphatic carbocycles. The number of nitrogens with one attached hydrogen (secondary N) is 1. The first-order valence-corrected chi connectivity index (χ1v) is 10.4. The SMILES string of the molecule is CCCc1cccc2c(-c3ccccc3)c(CC(=O)NCCCCOC)cnc12. The molecule has 0 fully saturated rings. The predicted molar refractivity (Wildman–Crippen MR) is 119 cm³/mol. The van der Waals surface area contributed by atoms with E-state index in [-0.39, 0.29) is 5.91 Å². The number of hydrogen-bond acceptors (Lipinski definition) is 3. The zero-order valence-corrected chi connectivity index (χ0v) is 17.4. The molecule has 2 aromatic carbocycles. The molecule has 0 unspecified atom stereocenters. The Labute approximate surface area is 173 Å². The van der Waals surface area contributed by atoms with Crippen LogP contribution in [0.1, 0.15) is 37.3 Å². The van der Waals surface area contributed by atoms with Crippen LogP contribution in [0.2, 0.25) is 0 Å². The van der Waals surface area contributed by atoms with Gasteiger partial charge in [-0.2, -0.15) is 0 Å². The van der Waals surface area contributed by atoms with Gasteiger partial charge in [-0.15, -0.1) is 0 Å². The molecule has 152 valence electrons. The van der Waals surface area contributed by atoms with Crippen molar-refractivity contribution >= 4 is 16.8 Å². The number of aryl methyl sites for hydroxylation is 1. The number of fused-ring (bicyclic) bond motifs is 1. The van der Waals surface area contributed by atoms with E-state index in [2.05, 4.69) is 42.6 Å². The van der Waals surface area contributed by atoms with E-state index in [0.717, 1.165) is 59.9 Å². The standard InChI is InChI=1S/C25H30N2O2/c1-3-10-20-13-9-14-22-24(19-11-5-4-6-12-19)21(18-27-25(20)22)17-23(28)26-15-7-8-16-29-2/h4-6,9,11-14,18H,3,7-8,10,15-17H2,1-2H3,(H,26,28). The van der Waals surface area contributed by atoms with E-state index < -0.39 is 0 Å². The molecular weight excluding hydrogens is 360 g/mol. The highest BCUT2D eigenvalue weighted by atomic mass is 16.5. The monoisotopic (exact) mass is 390 g/mol. The number of unbranched alkanes of at least 4 members (excludes halogenated alkanes) is 1. The third-order valence-corrected chi connectivity index (χ3v) is 5.09. The van der Waals surface area contributed by atoms with Crippen molar-refractivity contribution in [2.24, 2.45) is 0 Å². The number of carbonyl (C=O) groups excluding carboxylic acids is 1. The number of hydrogen-bond donors (Lipinski definition) is 1. The van der Waals surface area contributed by atoms with Crippen LogP contribution in [0.5, 0.6) is 0 Å². The van der Waals surface area contributed by atoms with Gasteiger partial charge in [-0.25, -0.2) is 0 Å². The molecule has 0 aliphatic heterocycles. The number of para-hydroxylation sites is 1. The van der Waals surface area contributed by atoms with Crippen molar-refractivity contribution in [3.63, 3.8) is 0 Å². The summed E-state index contributed by atoms with van der Waals surface area (Å²) in [6, 6.07) is 16.7. The van der Waals surface area contributed by atoms with E-state index in [1.807, 2.05) is 24.4 Å². The first-order valence-electron chi connectivity index (χ1n) is 10.4. The molecule has 0 spiro atoms. The molecule has 0 saturated heterocycles. The van der Waals surface area contributed by atoms with Crippen molar-refractivity contribution in [2.75, 3.05) is 20.3 Å². The number of rotatable bonds is 10. The van der Waals surface area contributed by atoms with Crippen LogP contribution in [0.4, 0.5) is 0 Å². The minimum atomic E-state index is 0.0328. The summed E-state index contributed by atoms with van der Waals surface area (Å²) in [6.07, 6.45) is 6.16. The molecule has 1 heterocycles. The minimum Gasteiger partial charge on any atom is -0.385 e. The molecule has 1 N–H and O–H groups in total. The topological polar surface area (TPSA) is 51.2 Å². The van der Waals surface area contributed by atoms with Crippen LogP contribution in [-0.2, 0) is 22.4 Å². The van der Waals surface area contributed by atoms with Crippen LogP contribution in [0.3, 0.4) is 0 Å². The van der Waals surface area contributed by atoms with Crippen LogP contribution in [0.15, 0.2) is 54.7 Å². The summed E-state index contributed by atoms with van der Waals surface area (Å²) in [5.74, 6) is 0.0328. The summed E-state index contributed by atoms with van der Waals surface area (Å²) in [4.78, 5) is 17.3. The average molecular weight is 391 g/mol. The van der Waals surface area contributed by atoms with Crippen molar-refractivity contribution in [3.8, 4) is 11.1 Å². The minimum absolute atomic E-state index is 0.0328. The number of pyridine rings is 1. The number of aromatic nitrogens is 1. The maximum absolute atomic E-state index is 12.6. The molecule has 1 aromatic heterocycles. The molecule has 0 atom stereocenters. The van der Waals surface area contributed by atoms with Crippen molar-refractivity contribution in [3.05, 3.63) is 65.9 Å². The van der Waals surface area contributed by atoms with Gasteiger partial charge in [0.2, 0.25) is 5.91 Å². The van der Waals surface area contributed by atoms with Crippen LogP contribution in [0.25, 0.3) is 22.0 Å². The maximum Gasteiger partial charge on any atom is 0.224 e. The Kier molecular flexibility index (Phi) is 7.77. The molecule has 0 aliphatic rings. The van der Waals surface area contributed by atoms with Gasteiger partial charge in [-0.1, -0.05) is 61.9 Å². The normalized spacial score (nSPS) is 11.0. The molecule has 3 rings (SSSR count). The van der Waals surface area contributed by atoms with Gasteiger partial charge in [0.15, 0.2) is 0 Å². The highest BCUT2D eigenvalue weighted by molar-refractivity contribution is 5.98. The highest BCUT2D eigenvalue weighted by Crippen LogP contribution is 2.33. The second-order valence-corrected chi connectivity index (χ2v) is 7.31. The lowest BCUT2D eigenvalue weighted by Crippen LogP contribution is -2.26. The number of amides is 1. The van der Waals surface area contributed by atoms with E-state index >= 15 is 0 Å². The van der Waals surface area contributed by atoms with Crippen molar-refractivity contribution in [2.45, 2.75) is 39.0 Å². The smallest absolute Gasteiger partial charge is 0.224 e. The Morgan fingerprint density at radius 2 is 1.86 bits per heavy atom. The molecule has 3 aromatic rings. The number of ether oxygens (including phenoxy) is 1. The fourth-order valence-electron chi connectivity index (χ4n) is 3.71. The van der Waals surface area contributed by atoms with Gasteiger partial charge in [0.05, 0.1) is 11.9 Å². The highest BCUT2D eigenvalue weighted by Gasteiger charge is 2.15. The number of methoxy groups -OCH3 is 1. The Bertz CT molecular complexity index is 938. The molecule has 1 amide bonds. The van der Waals surface area contributed by atoms with Gasteiger partial charge < -0.3 is 10.1 Å². The van der Waals surface area contributed by atoms with E-state index in [9.17, 15) is 4.79 Å². The van der Waals surface area contributed by atoms with E-state index in [1.54, 1.807) is 7.11 Å². The summed E-state index contributed by atoms with van der Waals surface area (Å²) in [7, 11) is 1.70. The van der Waals surface area contributed by atoms with Gasteiger partial charge in [0.25, 0.3) is 0 Å². The lowest BCUT2D eigenvalue weighted by Gasteiger charge is -2.15. The zero-order chi connectivity index (χ0) is 20.5. The first kappa shape index (κ1) is 21.0. The lowest BCUT2D eigenvalue weighted by molar-refractivity contribution is -0.120. The van der Waals surface area contributed by atoms with Crippen molar-refractivity contribution in [1.29, 1.82) is 0 Å². The van der Waals surface area contributed by atoms with Gasteiger partial charge in [-0.05, 0) is 41.5 Å². The molecule has 0 saturated carbocycles. The second-order valence-electron chi connectivity index (χ2n) is 7.31. The zero-order valence-electron chi connectivity index (χ0n) is 17.4. The fourth-order valence-corrected chi connectivity index (χ4v) is 3.71. The van der Waals surface area contributed by atoms with Crippen LogP contribution < -0.4 is 5.32 Å². The van der Waals surface area contributed by atoms with E-state index in [4.69, 9.17) is 9.72 Å². The number of nitrogens with zero attached hydrogens (tertiary/aromatic N) is 1. The maximum atomic E-state index is 12.6. The Morgan fingerprint density at radius 3 is 2.62 bits per heavy atom.